The van der Waals surface area contributed by atoms with Gasteiger partial charge in [0.25, 0.3) is 0 Å². The third-order valence-electron chi connectivity index (χ3n) is 11.0. The van der Waals surface area contributed by atoms with Crippen LogP contribution in [0.5, 0.6) is 0 Å². The van der Waals surface area contributed by atoms with Crippen molar-refractivity contribution < 1.29 is 4.42 Å². The second-order valence-electron chi connectivity index (χ2n) is 14.3. The molecule has 0 spiro atoms. The number of benzene rings is 8. The summed E-state index contributed by atoms with van der Waals surface area (Å²) in [5.41, 5.74) is 15.0. The van der Waals surface area contributed by atoms with E-state index in [1.54, 1.807) is 0 Å². The van der Waals surface area contributed by atoms with E-state index < -0.39 is 0 Å². The molecule has 0 amide bonds. The lowest BCUT2D eigenvalue weighted by atomic mass is 9.86. The van der Waals surface area contributed by atoms with Crippen molar-refractivity contribution in [2.45, 2.75) is 5.92 Å². The second kappa shape index (κ2) is 13.2. The summed E-state index contributed by atoms with van der Waals surface area (Å²) >= 11 is 0. The van der Waals surface area contributed by atoms with Gasteiger partial charge >= 0.3 is 0 Å². The first kappa shape index (κ1) is 32.0. The number of nitrogens with zero attached hydrogens (tertiary/aromatic N) is 3. The maximum absolute atomic E-state index is 6.56. The van der Waals surface area contributed by atoms with Crippen LogP contribution < -0.4 is 0 Å². The molecule has 11 rings (SSSR count). The number of rotatable bonds is 6. The van der Waals surface area contributed by atoms with Crippen molar-refractivity contribution >= 4 is 21.9 Å². The van der Waals surface area contributed by atoms with E-state index in [-0.39, 0.29) is 5.92 Å². The minimum Gasteiger partial charge on any atom is -0.455 e. The summed E-state index contributed by atoms with van der Waals surface area (Å²) in [6.45, 7) is 0. The molecule has 10 aromatic rings. The summed E-state index contributed by atoms with van der Waals surface area (Å²) < 4.78 is 6.56. The van der Waals surface area contributed by atoms with E-state index in [0.29, 0.717) is 17.5 Å². The average molecular weight is 716 g/mol. The Labute approximate surface area is 324 Å². The molecule has 0 aliphatic heterocycles. The molecule has 4 heteroatoms. The van der Waals surface area contributed by atoms with Crippen LogP contribution in [0.15, 0.2) is 199 Å². The fraction of sp³-hybridized carbons (Fsp3) is 0.0192. The lowest BCUT2D eigenvalue weighted by molar-refractivity contribution is 0.670. The number of hydrogen-bond donors (Lipinski definition) is 0. The lowest BCUT2D eigenvalue weighted by Crippen LogP contribution is -2.05. The van der Waals surface area contributed by atoms with Crippen LogP contribution in [0.4, 0.5) is 0 Å². The molecule has 2 heterocycles. The van der Waals surface area contributed by atoms with Crippen LogP contribution in [0, 0.1) is 0 Å². The maximum Gasteiger partial charge on any atom is 0.164 e. The molecule has 0 bridgehead atoms. The standard InChI is InChI=1S/C52H33N3O/c1-4-16-33(17-5-1)36-30-37(39-25-14-27-44-41-23-12-13-29-46(41)56-49(39)44)32-38(31-36)51-53-50(35-20-8-3-9-21-35)54-52(55-51)45-28-15-26-43-40-22-10-11-24-42(40)47(48(43)45)34-18-6-2-7-19-34/h1-32,47H. The van der Waals surface area contributed by atoms with Crippen molar-refractivity contribution in [2.24, 2.45) is 0 Å². The Hall–Kier alpha value is -7.43. The van der Waals surface area contributed by atoms with Gasteiger partial charge in [-0.2, -0.15) is 0 Å². The summed E-state index contributed by atoms with van der Waals surface area (Å²) in [7, 11) is 0. The predicted molar refractivity (Wildman–Crippen MR) is 227 cm³/mol. The zero-order valence-corrected chi connectivity index (χ0v) is 30.3. The fourth-order valence-corrected chi connectivity index (χ4v) is 8.47. The van der Waals surface area contributed by atoms with Crippen LogP contribution in [0.25, 0.3) is 89.5 Å². The summed E-state index contributed by atoms with van der Waals surface area (Å²) in [6, 6.07) is 68.0. The molecule has 1 aliphatic carbocycles. The van der Waals surface area contributed by atoms with Gasteiger partial charge in [0.15, 0.2) is 17.5 Å². The van der Waals surface area contributed by atoms with Crippen LogP contribution >= 0.6 is 0 Å². The van der Waals surface area contributed by atoms with Crippen LogP contribution in [-0.2, 0) is 0 Å². The molecule has 1 atom stereocenters. The summed E-state index contributed by atoms with van der Waals surface area (Å²) in [5.74, 6) is 1.91. The van der Waals surface area contributed by atoms with Gasteiger partial charge in [-0.15, -0.1) is 0 Å². The fourth-order valence-electron chi connectivity index (χ4n) is 8.47. The van der Waals surface area contributed by atoms with Crippen LogP contribution in [-0.4, -0.2) is 15.0 Å². The second-order valence-corrected chi connectivity index (χ2v) is 14.3. The molecule has 1 aliphatic rings. The zero-order chi connectivity index (χ0) is 37.0. The maximum atomic E-state index is 6.56. The van der Waals surface area contributed by atoms with E-state index in [9.17, 15) is 0 Å². The summed E-state index contributed by atoms with van der Waals surface area (Å²) in [4.78, 5) is 15.9. The highest BCUT2D eigenvalue weighted by Crippen LogP contribution is 2.51. The van der Waals surface area contributed by atoms with Gasteiger partial charge in [0.1, 0.15) is 11.2 Å². The lowest BCUT2D eigenvalue weighted by Gasteiger charge is -2.18. The molecule has 56 heavy (non-hydrogen) atoms. The zero-order valence-electron chi connectivity index (χ0n) is 30.3. The molecule has 1 unspecified atom stereocenters. The molecule has 0 saturated heterocycles. The Kier molecular flexibility index (Phi) is 7.52. The van der Waals surface area contributed by atoms with E-state index in [4.69, 9.17) is 19.4 Å². The first-order valence-corrected chi connectivity index (χ1v) is 19.0. The van der Waals surface area contributed by atoms with Gasteiger partial charge in [-0.25, -0.2) is 15.0 Å². The van der Waals surface area contributed by atoms with Crippen molar-refractivity contribution in [2.75, 3.05) is 0 Å². The van der Waals surface area contributed by atoms with E-state index in [1.165, 1.54) is 27.8 Å². The minimum atomic E-state index is 0.0382. The van der Waals surface area contributed by atoms with Crippen molar-refractivity contribution in [1.82, 2.24) is 15.0 Å². The largest absolute Gasteiger partial charge is 0.455 e. The Bertz CT molecular complexity index is 3080. The highest BCUT2D eigenvalue weighted by atomic mass is 16.3. The molecule has 4 nitrogen and oxygen atoms in total. The number of fused-ring (bicyclic) bond motifs is 6. The number of furan rings is 1. The van der Waals surface area contributed by atoms with Crippen LogP contribution in [0.1, 0.15) is 22.6 Å². The number of aromatic nitrogens is 3. The van der Waals surface area contributed by atoms with Crippen LogP contribution in [0.3, 0.4) is 0 Å². The normalized spacial score (nSPS) is 13.2. The molecule has 0 fully saturated rings. The van der Waals surface area contributed by atoms with Gasteiger partial charge in [-0.3, -0.25) is 0 Å². The Balaban J connectivity index is 1.16. The van der Waals surface area contributed by atoms with E-state index in [0.717, 1.165) is 60.9 Å². The Morgan fingerprint density at radius 1 is 0.357 bits per heavy atom. The van der Waals surface area contributed by atoms with E-state index in [1.807, 2.05) is 36.4 Å². The topological polar surface area (TPSA) is 51.8 Å². The molecular formula is C52H33N3O. The van der Waals surface area contributed by atoms with Gasteiger partial charge in [-0.05, 0) is 68.8 Å². The SMILES string of the molecule is c1ccc(-c2cc(-c3nc(-c4ccccc4)nc(-c4cccc5c4C(c4ccccc4)c4ccccc4-5)n3)cc(-c3cccc4c3oc3ccccc34)c2)cc1. The third-order valence-corrected chi connectivity index (χ3v) is 11.0. The first-order chi connectivity index (χ1) is 27.8. The quantitative estimate of drug-likeness (QED) is 0.172. The monoisotopic (exact) mass is 715 g/mol. The smallest absolute Gasteiger partial charge is 0.164 e. The molecule has 8 aromatic carbocycles. The molecule has 0 radical (unpaired) electrons. The first-order valence-electron chi connectivity index (χ1n) is 19.0. The van der Waals surface area contributed by atoms with Crippen molar-refractivity contribution in [3.05, 3.63) is 211 Å². The highest BCUT2D eigenvalue weighted by molar-refractivity contribution is 6.09. The minimum absolute atomic E-state index is 0.0382. The van der Waals surface area contributed by atoms with E-state index >= 15 is 0 Å². The van der Waals surface area contributed by atoms with Crippen molar-refractivity contribution in [3.63, 3.8) is 0 Å². The van der Waals surface area contributed by atoms with Gasteiger partial charge < -0.3 is 4.42 Å². The average Bonchev–Trinajstić information content (AvgIpc) is 3.83. The van der Waals surface area contributed by atoms with Crippen LogP contribution in [0.2, 0.25) is 0 Å². The summed E-state index contributed by atoms with van der Waals surface area (Å²) in [5, 5.41) is 2.19. The molecular weight excluding hydrogens is 683 g/mol. The molecule has 262 valence electrons. The summed E-state index contributed by atoms with van der Waals surface area (Å²) in [6.07, 6.45) is 0. The highest BCUT2D eigenvalue weighted by Gasteiger charge is 2.33. The van der Waals surface area contributed by atoms with Gasteiger partial charge in [0, 0.05) is 38.9 Å². The molecule has 0 N–H and O–H groups in total. The van der Waals surface area contributed by atoms with Gasteiger partial charge in [0.2, 0.25) is 0 Å². The molecule has 0 saturated carbocycles. The molecule has 2 aromatic heterocycles. The number of hydrogen-bond acceptors (Lipinski definition) is 4. The van der Waals surface area contributed by atoms with Crippen molar-refractivity contribution in [1.29, 1.82) is 0 Å². The van der Waals surface area contributed by atoms with Crippen molar-refractivity contribution in [3.8, 4) is 67.5 Å². The van der Waals surface area contributed by atoms with Gasteiger partial charge in [-0.1, -0.05) is 170 Å². The van der Waals surface area contributed by atoms with E-state index in [2.05, 4.69) is 158 Å². The Morgan fingerprint density at radius 2 is 0.911 bits per heavy atom. The Morgan fingerprint density at radius 3 is 1.73 bits per heavy atom. The predicted octanol–water partition coefficient (Wildman–Crippen LogP) is 13.3. The van der Waals surface area contributed by atoms with Gasteiger partial charge in [0.05, 0.1) is 0 Å². The number of para-hydroxylation sites is 2. The third kappa shape index (κ3) is 5.34.